The first-order chi connectivity index (χ1) is 9.14. The van der Waals surface area contributed by atoms with Gasteiger partial charge >= 0.3 is 13.1 Å². The van der Waals surface area contributed by atoms with Crippen molar-refractivity contribution in [2.45, 2.75) is 78.1 Å². The minimum Gasteiger partial charge on any atom is -0.463 e. The molecule has 0 spiro atoms. The van der Waals surface area contributed by atoms with Gasteiger partial charge in [-0.15, -0.1) is 0 Å². The van der Waals surface area contributed by atoms with Crippen LogP contribution in [0.15, 0.2) is 12.1 Å². The average molecular weight is 282 g/mol. The summed E-state index contributed by atoms with van der Waals surface area (Å²) in [4.78, 5) is 10.8. The molecule has 1 saturated heterocycles. The summed E-state index contributed by atoms with van der Waals surface area (Å²) in [5.41, 5.74) is -0.572. The van der Waals surface area contributed by atoms with Gasteiger partial charge in [0.1, 0.15) is 0 Å². The molecule has 1 aliphatic rings. The van der Waals surface area contributed by atoms with Crippen molar-refractivity contribution in [3.8, 4) is 0 Å². The van der Waals surface area contributed by atoms with Crippen LogP contribution < -0.4 is 0 Å². The summed E-state index contributed by atoms with van der Waals surface area (Å²) in [5.74, 6) is 1.75. The smallest absolute Gasteiger partial charge is 0.463 e. The normalized spacial score (nSPS) is 22.2. The van der Waals surface area contributed by atoms with Gasteiger partial charge in [-0.3, -0.25) is 4.79 Å². The quantitative estimate of drug-likeness (QED) is 0.426. The van der Waals surface area contributed by atoms with Crippen molar-refractivity contribution >= 4 is 13.1 Å². The van der Waals surface area contributed by atoms with E-state index in [1.54, 1.807) is 0 Å². The van der Waals surface area contributed by atoms with Gasteiger partial charge in [-0.1, -0.05) is 12.1 Å². The highest BCUT2D eigenvalue weighted by molar-refractivity contribution is 6.51. The zero-order valence-electron chi connectivity index (χ0n) is 13.6. The Hall–Kier alpha value is -0.805. The van der Waals surface area contributed by atoms with Crippen LogP contribution >= 0.6 is 0 Å². The maximum atomic E-state index is 10.8. The lowest BCUT2D eigenvalue weighted by atomic mass is 9.89. The van der Waals surface area contributed by atoms with Gasteiger partial charge in [-0.2, -0.15) is 0 Å². The molecular formula is C15H27BO4. The van der Waals surface area contributed by atoms with Crippen molar-refractivity contribution in [1.29, 1.82) is 0 Å². The van der Waals surface area contributed by atoms with Crippen LogP contribution in [0.3, 0.4) is 0 Å². The number of unbranched alkanes of at least 4 members (excludes halogenated alkanes) is 1. The molecule has 0 N–H and O–H groups in total. The zero-order valence-corrected chi connectivity index (χ0v) is 13.6. The molecule has 20 heavy (non-hydrogen) atoms. The third kappa shape index (κ3) is 4.95. The molecule has 0 amide bonds. The van der Waals surface area contributed by atoms with Gasteiger partial charge in [0, 0.05) is 6.92 Å². The Balaban J connectivity index is 2.25. The van der Waals surface area contributed by atoms with Gasteiger partial charge < -0.3 is 14.0 Å². The summed E-state index contributed by atoms with van der Waals surface area (Å²) in [7, 11) is -0.272. The molecule has 0 aromatic carbocycles. The SMILES string of the molecule is CC(=O)O[C@H](C)CCC/C=C/B1OC(C)(C)C(C)(C)O1. The molecule has 1 atom stereocenters. The fourth-order valence-corrected chi connectivity index (χ4v) is 2.04. The molecule has 0 bridgehead atoms. The minimum atomic E-state index is -0.286. The highest BCUT2D eigenvalue weighted by Gasteiger charge is 2.49. The molecule has 5 heteroatoms. The standard InChI is InChI=1S/C15H27BO4/c1-12(18-13(2)17)10-8-7-9-11-16-19-14(3,4)15(5,6)20-16/h9,11-12H,7-8,10H2,1-6H3/b11-9+/t12-/m1/s1. The van der Waals surface area contributed by atoms with E-state index in [0.29, 0.717) is 0 Å². The predicted molar refractivity (Wildman–Crippen MR) is 80.3 cm³/mol. The van der Waals surface area contributed by atoms with E-state index < -0.39 is 0 Å². The molecule has 0 aliphatic carbocycles. The first kappa shape index (κ1) is 17.2. The van der Waals surface area contributed by atoms with E-state index in [4.69, 9.17) is 14.0 Å². The second-order valence-electron chi connectivity index (χ2n) is 6.40. The Morgan fingerprint density at radius 1 is 1.25 bits per heavy atom. The lowest BCUT2D eigenvalue weighted by molar-refractivity contribution is -0.145. The Morgan fingerprint density at radius 2 is 1.80 bits per heavy atom. The maximum absolute atomic E-state index is 10.8. The number of hydrogen-bond acceptors (Lipinski definition) is 4. The summed E-state index contributed by atoms with van der Waals surface area (Å²) in [6, 6.07) is 0. The van der Waals surface area contributed by atoms with Crippen LogP contribution in [0.2, 0.25) is 0 Å². The van der Waals surface area contributed by atoms with Gasteiger partial charge in [-0.05, 0) is 53.9 Å². The summed E-state index contributed by atoms with van der Waals surface area (Å²) in [6.45, 7) is 11.5. The van der Waals surface area contributed by atoms with Crippen molar-refractivity contribution in [1.82, 2.24) is 0 Å². The van der Waals surface area contributed by atoms with E-state index in [0.717, 1.165) is 19.3 Å². The molecule has 1 aliphatic heterocycles. The van der Waals surface area contributed by atoms with E-state index >= 15 is 0 Å². The minimum absolute atomic E-state index is 0.0160. The third-order valence-electron chi connectivity index (χ3n) is 3.91. The summed E-state index contributed by atoms with van der Waals surface area (Å²) in [6.07, 6.45) is 4.83. The Kier molecular flexibility index (Phi) is 5.84. The van der Waals surface area contributed by atoms with E-state index in [1.807, 2.05) is 40.6 Å². The van der Waals surface area contributed by atoms with Crippen molar-refractivity contribution in [3.63, 3.8) is 0 Å². The largest absolute Gasteiger partial charge is 0.486 e. The van der Waals surface area contributed by atoms with Crippen molar-refractivity contribution < 1.29 is 18.8 Å². The highest BCUT2D eigenvalue weighted by Crippen LogP contribution is 2.36. The molecule has 1 rings (SSSR count). The van der Waals surface area contributed by atoms with E-state index in [1.165, 1.54) is 6.92 Å². The molecule has 0 aromatic heterocycles. The van der Waals surface area contributed by atoms with Gasteiger partial charge in [0.05, 0.1) is 17.3 Å². The van der Waals surface area contributed by atoms with Crippen LogP contribution in [0.1, 0.15) is 60.8 Å². The van der Waals surface area contributed by atoms with Gasteiger partial charge in [0.25, 0.3) is 0 Å². The van der Waals surface area contributed by atoms with Crippen molar-refractivity contribution in [3.05, 3.63) is 12.1 Å². The van der Waals surface area contributed by atoms with Gasteiger partial charge in [-0.25, -0.2) is 0 Å². The lowest BCUT2D eigenvalue weighted by Crippen LogP contribution is -2.41. The fraction of sp³-hybridized carbons (Fsp3) is 0.800. The molecule has 4 nitrogen and oxygen atoms in total. The summed E-state index contributed by atoms with van der Waals surface area (Å²) >= 11 is 0. The van der Waals surface area contributed by atoms with Crippen LogP contribution in [0.25, 0.3) is 0 Å². The number of allylic oxidation sites excluding steroid dienone is 1. The zero-order chi connectivity index (χ0) is 15.4. The number of ether oxygens (including phenoxy) is 1. The molecular weight excluding hydrogens is 255 g/mol. The number of esters is 1. The topological polar surface area (TPSA) is 44.8 Å². The number of carbonyl (C=O) groups excluding carboxylic acids is 1. The average Bonchev–Trinajstić information content (AvgIpc) is 2.45. The first-order valence-electron chi connectivity index (χ1n) is 7.33. The van der Waals surface area contributed by atoms with Gasteiger partial charge in [0.15, 0.2) is 0 Å². The van der Waals surface area contributed by atoms with Gasteiger partial charge in [0.2, 0.25) is 0 Å². The summed E-state index contributed by atoms with van der Waals surface area (Å²) < 4.78 is 16.8. The highest BCUT2D eigenvalue weighted by atomic mass is 16.7. The fourth-order valence-electron chi connectivity index (χ4n) is 2.04. The van der Waals surface area contributed by atoms with Crippen LogP contribution in [0.5, 0.6) is 0 Å². The summed E-state index contributed by atoms with van der Waals surface area (Å²) in [5, 5.41) is 0. The Morgan fingerprint density at radius 3 is 2.30 bits per heavy atom. The second kappa shape index (κ2) is 6.77. The molecule has 0 unspecified atom stereocenters. The van der Waals surface area contributed by atoms with Crippen LogP contribution in [-0.4, -0.2) is 30.4 Å². The second-order valence-corrected chi connectivity index (χ2v) is 6.40. The number of rotatable bonds is 6. The molecule has 0 saturated carbocycles. The van der Waals surface area contributed by atoms with E-state index in [9.17, 15) is 4.79 Å². The van der Waals surface area contributed by atoms with Crippen LogP contribution in [0.4, 0.5) is 0 Å². The van der Waals surface area contributed by atoms with Crippen molar-refractivity contribution in [2.24, 2.45) is 0 Å². The molecule has 114 valence electrons. The maximum Gasteiger partial charge on any atom is 0.486 e. The number of hydrogen-bond donors (Lipinski definition) is 0. The molecule has 1 fully saturated rings. The molecule has 1 heterocycles. The van der Waals surface area contributed by atoms with E-state index in [2.05, 4.69) is 6.08 Å². The molecule has 0 radical (unpaired) electrons. The Bertz CT molecular complexity index is 347. The first-order valence-corrected chi connectivity index (χ1v) is 7.33. The predicted octanol–water partition coefficient (Wildman–Crippen LogP) is 3.30. The lowest BCUT2D eigenvalue weighted by Gasteiger charge is -2.32. The Labute approximate surface area is 123 Å². The molecule has 0 aromatic rings. The third-order valence-corrected chi connectivity index (χ3v) is 3.91. The van der Waals surface area contributed by atoms with Crippen molar-refractivity contribution in [2.75, 3.05) is 0 Å². The number of carbonyl (C=O) groups is 1. The monoisotopic (exact) mass is 282 g/mol. The van der Waals surface area contributed by atoms with E-state index in [-0.39, 0.29) is 30.4 Å². The van der Waals surface area contributed by atoms with Crippen LogP contribution in [-0.2, 0) is 18.8 Å². The van der Waals surface area contributed by atoms with Crippen LogP contribution in [0, 0.1) is 0 Å².